The highest BCUT2D eigenvalue weighted by molar-refractivity contribution is 7.92. The number of nitrogens with zero attached hydrogens (tertiary/aromatic N) is 2. The Balaban J connectivity index is 2.10. The van der Waals surface area contributed by atoms with Crippen molar-refractivity contribution in [2.24, 2.45) is 0 Å². The van der Waals surface area contributed by atoms with Crippen molar-refractivity contribution < 1.29 is 22.4 Å². The second-order valence-electron chi connectivity index (χ2n) is 8.04. The second-order valence-corrected chi connectivity index (χ2v) is 10.7. The standard InChI is InChI=1S/C26H26Cl2FN3O4S/c1-3-23(26(34)30-2)31(16-19-20(27)12-9-13-21(19)28)25(33)17-32(24-15-8-7-14-22(24)29)37(35,36)18-10-5-4-6-11-18/h4-15,23H,3,16-17H2,1-2H3,(H,30,34)/t23-/m0/s1. The number of nitrogens with one attached hydrogen (secondary N) is 1. The molecule has 0 saturated carbocycles. The van der Waals surface area contributed by atoms with Gasteiger partial charge in [0.15, 0.2) is 0 Å². The van der Waals surface area contributed by atoms with Crippen molar-refractivity contribution in [1.82, 2.24) is 10.2 Å². The molecule has 1 N–H and O–H groups in total. The Morgan fingerprint density at radius 1 is 0.946 bits per heavy atom. The van der Waals surface area contributed by atoms with E-state index in [1.54, 1.807) is 31.2 Å². The molecule has 0 fully saturated rings. The van der Waals surface area contributed by atoms with Crippen LogP contribution in [0.5, 0.6) is 0 Å². The molecule has 11 heteroatoms. The fourth-order valence-electron chi connectivity index (χ4n) is 3.83. The van der Waals surface area contributed by atoms with Crippen LogP contribution in [0.15, 0.2) is 77.7 Å². The average Bonchev–Trinajstić information content (AvgIpc) is 2.89. The van der Waals surface area contributed by atoms with Crippen LogP contribution in [-0.4, -0.2) is 44.8 Å². The Bertz CT molecular complexity index is 1350. The number of halogens is 3. The number of anilines is 1. The zero-order valence-corrected chi connectivity index (χ0v) is 22.5. The van der Waals surface area contributed by atoms with Crippen molar-refractivity contribution in [2.45, 2.75) is 30.8 Å². The van der Waals surface area contributed by atoms with Gasteiger partial charge < -0.3 is 10.2 Å². The van der Waals surface area contributed by atoms with E-state index in [9.17, 15) is 22.4 Å². The Kier molecular flexibility index (Phi) is 9.53. The van der Waals surface area contributed by atoms with Gasteiger partial charge in [-0.1, -0.05) is 66.5 Å². The molecule has 37 heavy (non-hydrogen) atoms. The molecule has 0 aliphatic rings. The number of para-hydroxylation sites is 1. The zero-order chi connectivity index (χ0) is 27.2. The number of carbonyl (C=O) groups is 2. The molecule has 0 radical (unpaired) electrons. The van der Waals surface area contributed by atoms with Gasteiger partial charge in [-0.2, -0.15) is 0 Å². The van der Waals surface area contributed by atoms with Crippen LogP contribution in [-0.2, 0) is 26.2 Å². The third-order valence-corrected chi connectivity index (χ3v) is 8.24. The minimum atomic E-state index is -4.36. The van der Waals surface area contributed by atoms with E-state index < -0.39 is 40.2 Å². The monoisotopic (exact) mass is 565 g/mol. The van der Waals surface area contributed by atoms with Crippen LogP contribution < -0.4 is 9.62 Å². The van der Waals surface area contributed by atoms with Gasteiger partial charge in [0, 0.05) is 29.2 Å². The summed E-state index contributed by atoms with van der Waals surface area (Å²) in [5.41, 5.74) is 0.0910. The topological polar surface area (TPSA) is 86.8 Å². The molecular weight excluding hydrogens is 540 g/mol. The highest BCUT2D eigenvalue weighted by atomic mass is 35.5. The maximum Gasteiger partial charge on any atom is 0.264 e. The van der Waals surface area contributed by atoms with Crippen LogP contribution in [0.1, 0.15) is 18.9 Å². The number of likely N-dealkylation sites (N-methyl/N-ethyl adjacent to an activating group) is 1. The first-order chi connectivity index (χ1) is 17.6. The fourth-order valence-corrected chi connectivity index (χ4v) is 5.79. The molecule has 0 unspecified atom stereocenters. The lowest BCUT2D eigenvalue weighted by Crippen LogP contribution is -2.52. The first kappa shape index (κ1) is 28.4. The minimum Gasteiger partial charge on any atom is -0.357 e. The average molecular weight is 566 g/mol. The van der Waals surface area contributed by atoms with Crippen LogP contribution in [0.2, 0.25) is 10.0 Å². The summed E-state index contributed by atoms with van der Waals surface area (Å²) in [6, 6.07) is 16.5. The first-order valence-electron chi connectivity index (χ1n) is 11.4. The molecule has 1 atom stereocenters. The van der Waals surface area contributed by atoms with Gasteiger partial charge in [0.2, 0.25) is 11.8 Å². The molecule has 0 heterocycles. The molecule has 0 spiro atoms. The van der Waals surface area contributed by atoms with Gasteiger partial charge >= 0.3 is 0 Å². The molecule has 2 amide bonds. The summed E-state index contributed by atoms with van der Waals surface area (Å²) in [5, 5.41) is 3.08. The van der Waals surface area contributed by atoms with Crippen molar-refractivity contribution in [2.75, 3.05) is 17.9 Å². The molecule has 3 rings (SSSR count). The number of hydrogen-bond donors (Lipinski definition) is 1. The summed E-state index contributed by atoms with van der Waals surface area (Å²) in [5.74, 6) is -2.02. The number of rotatable bonds is 10. The van der Waals surface area contributed by atoms with Gasteiger partial charge in [-0.15, -0.1) is 0 Å². The van der Waals surface area contributed by atoms with Crippen molar-refractivity contribution in [3.05, 3.63) is 94.2 Å². The number of hydrogen-bond acceptors (Lipinski definition) is 4. The summed E-state index contributed by atoms with van der Waals surface area (Å²) in [6.45, 7) is 0.775. The lowest BCUT2D eigenvalue weighted by Gasteiger charge is -2.33. The summed E-state index contributed by atoms with van der Waals surface area (Å²) in [7, 11) is -2.93. The van der Waals surface area contributed by atoms with E-state index in [4.69, 9.17) is 23.2 Å². The third-order valence-electron chi connectivity index (χ3n) is 5.75. The van der Waals surface area contributed by atoms with E-state index in [2.05, 4.69) is 5.32 Å². The number of benzene rings is 3. The maximum atomic E-state index is 14.9. The van der Waals surface area contributed by atoms with E-state index in [0.29, 0.717) is 9.87 Å². The first-order valence-corrected chi connectivity index (χ1v) is 13.6. The predicted octanol–water partition coefficient (Wildman–Crippen LogP) is 4.88. The SMILES string of the molecule is CC[C@@H](C(=O)NC)N(Cc1c(Cl)cccc1Cl)C(=O)CN(c1ccccc1F)S(=O)(=O)c1ccccc1. The summed E-state index contributed by atoms with van der Waals surface area (Å²) in [4.78, 5) is 27.6. The van der Waals surface area contributed by atoms with Crippen LogP contribution in [0.3, 0.4) is 0 Å². The maximum absolute atomic E-state index is 14.9. The molecule has 196 valence electrons. The highest BCUT2D eigenvalue weighted by Crippen LogP contribution is 2.29. The quantitative estimate of drug-likeness (QED) is 0.379. The predicted molar refractivity (Wildman–Crippen MR) is 143 cm³/mol. The Hall–Kier alpha value is -3.14. The third kappa shape index (κ3) is 6.41. The zero-order valence-electron chi connectivity index (χ0n) is 20.2. The second kappa shape index (κ2) is 12.4. The van der Waals surface area contributed by atoms with Crippen molar-refractivity contribution in [1.29, 1.82) is 0 Å². The smallest absolute Gasteiger partial charge is 0.264 e. The van der Waals surface area contributed by atoms with Gasteiger partial charge in [-0.25, -0.2) is 12.8 Å². The molecular formula is C26H26Cl2FN3O4S. The molecule has 3 aromatic rings. The van der Waals surface area contributed by atoms with E-state index >= 15 is 0 Å². The number of sulfonamides is 1. The largest absolute Gasteiger partial charge is 0.357 e. The van der Waals surface area contributed by atoms with E-state index in [1.807, 2.05) is 0 Å². The lowest BCUT2D eigenvalue weighted by molar-refractivity contribution is -0.140. The summed E-state index contributed by atoms with van der Waals surface area (Å²) < 4.78 is 42.8. The van der Waals surface area contributed by atoms with Crippen LogP contribution in [0, 0.1) is 5.82 Å². The highest BCUT2D eigenvalue weighted by Gasteiger charge is 2.34. The number of carbonyl (C=O) groups excluding carboxylic acids is 2. The fraction of sp³-hybridized carbons (Fsp3) is 0.231. The molecule has 0 bridgehead atoms. The van der Waals surface area contributed by atoms with Crippen LogP contribution in [0.4, 0.5) is 10.1 Å². The summed E-state index contributed by atoms with van der Waals surface area (Å²) >= 11 is 12.7. The Morgan fingerprint density at radius 2 is 1.54 bits per heavy atom. The van der Waals surface area contributed by atoms with Gasteiger partial charge in [-0.3, -0.25) is 13.9 Å². The van der Waals surface area contributed by atoms with E-state index in [-0.39, 0.29) is 33.6 Å². The van der Waals surface area contributed by atoms with Crippen LogP contribution in [0.25, 0.3) is 0 Å². The summed E-state index contributed by atoms with van der Waals surface area (Å²) in [6.07, 6.45) is 0.221. The van der Waals surface area contributed by atoms with E-state index in [0.717, 1.165) is 6.07 Å². The van der Waals surface area contributed by atoms with Gasteiger partial charge in [0.05, 0.1) is 10.6 Å². The Morgan fingerprint density at radius 3 is 2.11 bits per heavy atom. The normalized spacial score (nSPS) is 12.0. The van der Waals surface area contributed by atoms with Crippen molar-refractivity contribution >= 4 is 50.7 Å². The van der Waals surface area contributed by atoms with Gasteiger partial charge in [0.25, 0.3) is 10.0 Å². The van der Waals surface area contributed by atoms with Gasteiger partial charge in [0.1, 0.15) is 18.4 Å². The molecule has 0 aliphatic carbocycles. The van der Waals surface area contributed by atoms with Crippen molar-refractivity contribution in [3.63, 3.8) is 0 Å². The molecule has 0 saturated heterocycles. The van der Waals surface area contributed by atoms with E-state index in [1.165, 1.54) is 54.4 Å². The van der Waals surface area contributed by atoms with Crippen LogP contribution >= 0.6 is 23.2 Å². The molecule has 3 aromatic carbocycles. The van der Waals surface area contributed by atoms with Gasteiger partial charge in [-0.05, 0) is 42.8 Å². The Labute approximate surface area is 225 Å². The van der Waals surface area contributed by atoms with Crippen molar-refractivity contribution in [3.8, 4) is 0 Å². The minimum absolute atomic E-state index is 0.120. The molecule has 0 aliphatic heterocycles. The lowest BCUT2D eigenvalue weighted by atomic mass is 10.1. The molecule has 0 aromatic heterocycles. The molecule has 7 nitrogen and oxygen atoms in total. The number of amides is 2.